The van der Waals surface area contributed by atoms with Gasteiger partial charge in [-0.1, -0.05) is 13.8 Å². The Balaban J connectivity index is 3.42. The quantitative estimate of drug-likeness (QED) is 0.744. The van der Waals surface area contributed by atoms with Crippen molar-refractivity contribution in [3.8, 4) is 0 Å². The Morgan fingerprint density at radius 3 is 2.45 bits per heavy atom. The molecule has 0 aliphatic rings. The van der Waals surface area contributed by atoms with E-state index in [0.29, 0.717) is 10.4 Å². The molecule has 0 bridgehead atoms. The molecule has 124 valence electrons. The van der Waals surface area contributed by atoms with Crippen LogP contribution in [-0.2, 0) is 14.8 Å². The van der Waals surface area contributed by atoms with Crippen molar-refractivity contribution in [1.29, 1.82) is 0 Å². The van der Waals surface area contributed by atoms with Crippen molar-refractivity contribution in [3.05, 3.63) is 28.2 Å². The zero-order valence-electron chi connectivity index (χ0n) is 12.9. The highest BCUT2D eigenvalue weighted by atomic mass is 79.9. The lowest BCUT2D eigenvalue weighted by atomic mass is 10.0. The van der Waals surface area contributed by atoms with Gasteiger partial charge in [0.15, 0.2) is 0 Å². The minimum absolute atomic E-state index is 0.0442. The third kappa shape index (κ3) is 4.02. The number of rotatable bonds is 6. The van der Waals surface area contributed by atoms with Crippen molar-refractivity contribution in [2.45, 2.75) is 31.2 Å². The first-order valence-electron chi connectivity index (χ1n) is 6.91. The van der Waals surface area contributed by atoms with Gasteiger partial charge in [0.2, 0.25) is 10.0 Å². The first-order chi connectivity index (χ1) is 10.5. The highest BCUT2D eigenvalue weighted by molar-refractivity contribution is 9.10. The summed E-state index contributed by atoms with van der Waals surface area (Å²) >= 11 is 2.76. The van der Waals surface area contributed by atoms with E-state index in [2.05, 4.69) is 15.9 Å². The van der Waals surface area contributed by atoms with E-state index in [1.807, 2.05) is 0 Å². The first kappa shape index (κ1) is 17.3. The van der Waals surface area contributed by atoms with Gasteiger partial charge in [-0.05, 0) is 34.3 Å². The minimum Gasteiger partial charge on any atom is -0.480 e. The van der Waals surface area contributed by atoms with E-state index >= 15 is 0 Å². The lowest BCUT2D eigenvalue weighted by Gasteiger charge is -2.25. The van der Waals surface area contributed by atoms with Crippen molar-refractivity contribution in [1.82, 2.24) is 4.31 Å². The predicted octanol–water partition coefficient (Wildman–Crippen LogP) is 2.85. The van der Waals surface area contributed by atoms with Crippen molar-refractivity contribution in [2.75, 3.05) is 7.02 Å². The van der Waals surface area contributed by atoms with Crippen molar-refractivity contribution >= 4 is 31.9 Å². The van der Waals surface area contributed by atoms with Crippen LogP contribution >= 0.6 is 15.9 Å². The Hall–Kier alpha value is -1.06. The van der Waals surface area contributed by atoms with Gasteiger partial charge in [0, 0.05) is 14.5 Å². The number of sulfonamides is 1. The predicted molar refractivity (Wildman–Crippen MR) is 79.9 cm³/mol. The van der Waals surface area contributed by atoms with E-state index in [4.69, 9.17) is 1.37 Å². The topological polar surface area (TPSA) is 74.7 Å². The van der Waals surface area contributed by atoms with Crippen molar-refractivity contribution < 1.29 is 28.5 Å². The summed E-state index contributed by atoms with van der Waals surface area (Å²) in [6.07, 6.45) is -0.0442. The molecule has 0 unspecified atom stereocenters. The molecule has 0 saturated carbocycles. The summed E-state index contributed by atoms with van der Waals surface area (Å²) in [4.78, 5) is 10.5. The van der Waals surface area contributed by atoms with Crippen LogP contribution in [0.15, 0.2) is 21.5 Å². The first-order valence-corrected chi connectivity index (χ1v) is 8.44. The highest BCUT2D eigenvalue weighted by Gasteiger charge is 2.35. The second kappa shape index (κ2) is 7.01. The number of halogens is 3. The lowest BCUT2D eigenvalue weighted by molar-refractivity contribution is -0.141. The summed E-state index contributed by atoms with van der Waals surface area (Å²) < 4.78 is 59.7. The summed E-state index contributed by atoms with van der Waals surface area (Å²) in [5.41, 5.74) is 0. The molecule has 5 nitrogen and oxygen atoms in total. The molecule has 0 spiro atoms. The number of hydrogen-bond donors (Lipinski definition) is 1. The molecule has 0 saturated heterocycles. The monoisotopic (exact) mass is 400 g/mol. The van der Waals surface area contributed by atoms with Gasteiger partial charge in [0.05, 0.1) is 4.47 Å². The molecule has 1 aromatic rings. The average Bonchev–Trinajstić information content (AvgIpc) is 2.41. The largest absolute Gasteiger partial charge is 0.480 e. The van der Waals surface area contributed by atoms with Crippen LogP contribution in [0.25, 0.3) is 0 Å². The maximum Gasteiger partial charge on any atom is 0.322 e. The van der Waals surface area contributed by atoms with Crippen LogP contribution in [0.4, 0.5) is 8.78 Å². The maximum absolute atomic E-state index is 13.9. The van der Waals surface area contributed by atoms with Crippen LogP contribution in [0.2, 0.25) is 0 Å². The Kier molecular flexibility index (Phi) is 5.51. The fourth-order valence-electron chi connectivity index (χ4n) is 1.78. The second-order valence-electron chi connectivity index (χ2n) is 5.07. The van der Waals surface area contributed by atoms with Crippen LogP contribution in [0, 0.1) is 17.6 Å². The van der Waals surface area contributed by atoms with Crippen LogP contribution in [0.5, 0.6) is 0 Å². The number of likely N-dealkylation sites (N-methyl/N-ethyl adjacent to an activating group) is 1. The molecule has 1 atom stereocenters. The molecule has 1 rings (SSSR count). The molecule has 1 aromatic carbocycles. The van der Waals surface area contributed by atoms with Crippen LogP contribution in [0.3, 0.4) is 0 Å². The van der Waals surface area contributed by atoms with Gasteiger partial charge >= 0.3 is 5.97 Å². The fraction of sp³-hybridized carbons (Fsp3) is 0.462. The average molecular weight is 401 g/mol. The molecular formula is C13H16BrF2NO4S. The molecule has 0 aliphatic carbocycles. The van der Waals surface area contributed by atoms with Crippen molar-refractivity contribution in [3.63, 3.8) is 0 Å². The summed E-state index contributed by atoms with van der Waals surface area (Å²) in [6, 6.07) is -0.408. The van der Waals surface area contributed by atoms with Gasteiger partial charge in [-0.2, -0.15) is 4.31 Å². The van der Waals surface area contributed by atoms with Crippen LogP contribution in [0.1, 0.15) is 21.6 Å². The summed E-state index contributed by atoms with van der Waals surface area (Å²) in [7, 11) is -5.52. The second-order valence-corrected chi connectivity index (χ2v) is 7.79. The van der Waals surface area contributed by atoms with Crippen LogP contribution in [-0.4, -0.2) is 36.9 Å². The molecule has 0 aliphatic heterocycles. The number of benzene rings is 1. The number of nitrogens with zero attached hydrogens (tertiary/aromatic N) is 1. The third-order valence-electron chi connectivity index (χ3n) is 2.89. The summed E-state index contributed by atoms with van der Waals surface area (Å²) in [6.45, 7) is 3.39. The van der Waals surface area contributed by atoms with Crippen molar-refractivity contribution in [2.24, 2.45) is 5.92 Å². The summed E-state index contributed by atoms with van der Waals surface area (Å²) in [5.74, 6) is -3.94. The number of aliphatic carboxylic acids is 1. The SMILES string of the molecule is [2H]CN([C@@H](CC(C)C)C(=O)O)S(=O)(=O)c1cc(Br)c(F)cc1F. The number of carboxylic acids is 1. The molecular weight excluding hydrogens is 384 g/mol. The standard InChI is InChI=1S/C13H16BrF2NO4S/c1-7(2)4-11(13(18)19)17(3)22(20,21)12-5-8(14)9(15)6-10(12)16/h5-7,11H,4H2,1-3H3,(H,18,19)/t11-/m0/s1/i3D. The Labute approximate surface area is 137 Å². The van der Waals surface area contributed by atoms with E-state index < -0.39 is 45.6 Å². The molecule has 0 amide bonds. The molecule has 0 aromatic heterocycles. The Morgan fingerprint density at radius 1 is 1.41 bits per heavy atom. The van der Waals surface area contributed by atoms with E-state index in [1.165, 1.54) is 0 Å². The molecule has 9 heteroatoms. The Morgan fingerprint density at radius 2 is 2.00 bits per heavy atom. The van der Waals surface area contributed by atoms with Gasteiger partial charge in [0.25, 0.3) is 0 Å². The van der Waals surface area contributed by atoms with E-state index in [-0.39, 0.29) is 16.8 Å². The number of carbonyl (C=O) groups is 1. The normalized spacial score (nSPS) is 14.2. The Bertz CT molecular complexity index is 699. The van der Waals surface area contributed by atoms with Gasteiger partial charge in [-0.15, -0.1) is 0 Å². The van der Waals surface area contributed by atoms with E-state index in [9.17, 15) is 27.1 Å². The minimum atomic E-state index is -4.62. The molecule has 0 radical (unpaired) electrons. The fourth-order valence-corrected chi connectivity index (χ4v) is 3.61. The van der Waals surface area contributed by atoms with Gasteiger partial charge in [-0.3, -0.25) is 4.79 Å². The third-order valence-corrected chi connectivity index (χ3v) is 5.24. The molecule has 0 heterocycles. The van der Waals surface area contributed by atoms with E-state index in [0.717, 1.165) is 6.07 Å². The smallest absolute Gasteiger partial charge is 0.322 e. The van der Waals surface area contributed by atoms with Crippen LogP contribution < -0.4 is 0 Å². The zero-order valence-corrected chi connectivity index (χ0v) is 14.3. The highest BCUT2D eigenvalue weighted by Crippen LogP contribution is 2.27. The number of hydrogen-bond acceptors (Lipinski definition) is 3. The lowest BCUT2D eigenvalue weighted by Crippen LogP contribution is -2.43. The van der Waals surface area contributed by atoms with Gasteiger partial charge in [0.1, 0.15) is 22.6 Å². The molecule has 1 N–H and O–H groups in total. The summed E-state index contributed by atoms with van der Waals surface area (Å²) in [5, 5.41) is 9.25. The van der Waals surface area contributed by atoms with E-state index in [1.54, 1.807) is 13.8 Å². The molecule has 0 fully saturated rings. The zero-order chi connectivity index (χ0) is 17.9. The van der Waals surface area contributed by atoms with Gasteiger partial charge in [-0.25, -0.2) is 17.2 Å². The van der Waals surface area contributed by atoms with Gasteiger partial charge < -0.3 is 5.11 Å². The molecule has 22 heavy (non-hydrogen) atoms. The maximum atomic E-state index is 13.9. The number of carboxylic acid groups (broad SMARTS) is 1.